The molecule has 1 heterocycles. The number of nitrogens with zero attached hydrogens (tertiary/aromatic N) is 1. The lowest BCUT2D eigenvalue weighted by molar-refractivity contribution is -0.121. The number of benzene rings is 1. The van der Waals surface area contributed by atoms with E-state index in [0.29, 0.717) is 13.0 Å². The van der Waals surface area contributed by atoms with Gasteiger partial charge in [-0.05, 0) is 32.8 Å². The van der Waals surface area contributed by atoms with E-state index in [1.54, 1.807) is 0 Å². The lowest BCUT2D eigenvalue weighted by atomic mass is 10.0. The molecule has 20 heavy (non-hydrogen) atoms. The number of aliphatic hydroxyl groups excluding tert-OH is 1. The Morgan fingerprint density at radius 3 is 2.95 bits per heavy atom. The summed E-state index contributed by atoms with van der Waals surface area (Å²) in [5.74, 6) is 0.0854. The largest absolute Gasteiger partial charge is 0.388 e. The summed E-state index contributed by atoms with van der Waals surface area (Å²) in [6.07, 6.45) is 1.83. The number of para-hydroxylation sites is 1. The number of hydrogen-bond donors (Lipinski definition) is 2. The molecule has 0 aromatic heterocycles. The number of amides is 1. The molecule has 0 saturated carbocycles. The zero-order valence-corrected chi connectivity index (χ0v) is 12.3. The van der Waals surface area contributed by atoms with Gasteiger partial charge in [0.15, 0.2) is 0 Å². The maximum Gasteiger partial charge on any atom is 0.221 e. The first-order chi connectivity index (χ1) is 9.58. The standard InChI is InChI=1S/C16H24N2O2/c1-12(2)17-16(20)9-11-18-10-5-8-15(19)13-6-3-4-7-14(13)18/h3-4,6-7,12,15,19H,5,8-11H2,1-2H3,(H,17,20). The first kappa shape index (κ1) is 14.9. The number of aliphatic hydroxyl groups is 1. The van der Waals surface area contributed by atoms with Crippen LogP contribution < -0.4 is 10.2 Å². The van der Waals surface area contributed by atoms with E-state index in [0.717, 1.165) is 30.6 Å². The first-order valence-corrected chi connectivity index (χ1v) is 7.39. The Balaban J connectivity index is 2.04. The molecule has 0 radical (unpaired) electrons. The van der Waals surface area contributed by atoms with Crippen LogP contribution in [-0.2, 0) is 4.79 Å². The van der Waals surface area contributed by atoms with Gasteiger partial charge in [0.2, 0.25) is 5.91 Å². The number of fused-ring (bicyclic) bond motifs is 1. The van der Waals surface area contributed by atoms with Gasteiger partial charge in [-0.3, -0.25) is 4.79 Å². The van der Waals surface area contributed by atoms with Gasteiger partial charge < -0.3 is 15.3 Å². The van der Waals surface area contributed by atoms with Gasteiger partial charge in [0.05, 0.1) is 6.10 Å². The summed E-state index contributed by atoms with van der Waals surface area (Å²) in [4.78, 5) is 14.0. The average molecular weight is 276 g/mol. The highest BCUT2D eigenvalue weighted by atomic mass is 16.3. The molecule has 0 fully saturated rings. The Hall–Kier alpha value is -1.55. The molecule has 1 aromatic rings. The number of rotatable bonds is 4. The van der Waals surface area contributed by atoms with Crippen LogP contribution in [0.25, 0.3) is 0 Å². The molecule has 0 aliphatic carbocycles. The highest BCUT2D eigenvalue weighted by Gasteiger charge is 2.21. The summed E-state index contributed by atoms with van der Waals surface area (Å²) in [7, 11) is 0. The second-order valence-electron chi connectivity index (χ2n) is 5.68. The Bertz CT molecular complexity index is 460. The van der Waals surface area contributed by atoms with Crippen LogP contribution in [0.2, 0.25) is 0 Å². The van der Waals surface area contributed by atoms with Crippen LogP contribution in [0.1, 0.15) is 44.8 Å². The minimum absolute atomic E-state index is 0.0854. The SMILES string of the molecule is CC(C)NC(=O)CCN1CCCC(O)c2ccccc21. The predicted molar refractivity (Wildman–Crippen MR) is 80.7 cm³/mol. The van der Waals surface area contributed by atoms with E-state index in [2.05, 4.69) is 10.2 Å². The maximum absolute atomic E-state index is 11.8. The highest BCUT2D eigenvalue weighted by molar-refractivity contribution is 5.77. The molecule has 1 aliphatic heterocycles. The number of carbonyl (C=O) groups excluding carboxylic acids is 1. The van der Waals surface area contributed by atoms with Crippen molar-refractivity contribution in [3.63, 3.8) is 0 Å². The zero-order valence-electron chi connectivity index (χ0n) is 12.3. The molecule has 4 heteroatoms. The summed E-state index contributed by atoms with van der Waals surface area (Å²) >= 11 is 0. The van der Waals surface area contributed by atoms with Crippen LogP contribution >= 0.6 is 0 Å². The number of hydrogen-bond acceptors (Lipinski definition) is 3. The van der Waals surface area contributed by atoms with Gasteiger partial charge in [-0.2, -0.15) is 0 Å². The normalized spacial score (nSPS) is 18.6. The van der Waals surface area contributed by atoms with Crippen LogP contribution in [0.15, 0.2) is 24.3 Å². The molecule has 2 rings (SSSR count). The summed E-state index contributed by atoms with van der Waals surface area (Å²) in [5, 5.41) is 13.1. The van der Waals surface area contributed by atoms with Crippen molar-refractivity contribution in [3.05, 3.63) is 29.8 Å². The number of carbonyl (C=O) groups is 1. The molecular formula is C16H24N2O2. The van der Waals surface area contributed by atoms with Crippen LogP contribution in [0, 0.1) is 0 Å². The molecule has 1 unspecified atom stereocenters. The minimum atomic E-state index is -0.388. The van der Waals surface area contributed by atoms with Crippen molar-refractivity contribution < 1.29 is 9.90 Å². The van der Waals surface area contributed by atoms with Gasteiger partial charge in [-0.25, -0.2) is 0 Å². The van der Waals surface area contributed by atoms with Crippen molar-refractivity contribution in [1.29, 1.82) is 0 Å². The molecule has 0 spiro atoms. The van der Waals surface area contributed by atoms with Gasteiger partial charge in [0.25, 0.3) is 0 Å². The van der Waals surface area contributed by atoms with Crippen molar-refractivity contribution in [1.82, 2.24) is 5.32 Å². The molecule has 0 bridgehead atoms. The third-order valence-electron chi connectivity index (χ3n) is 3.60. The lowest BCUT2D eigenvalue weighted by Crippen LogP contribution is -2.34. The fourth-order valence-electron chi connectivity index (χ4n) is 2.67. The van der Waals surface area contributed by atoms with Gasteiger partial charge in [0, 0.05) is 36.8 Å². The summed E-state index contributed by atoms with van der Waals surface area (Å²) in [6, 6.07) is 8.13. The van der Waals surface area contributed by atoms with Gasteiger partial charge in [-0.15, -0.1) is 0 Å². The van der Waals surface area contributed by atoms with Crippen LogP contribution in [-0.4, -0.2) is 30.1 Å². The summed E-state index contributed by atoms with van der Waals surface area (Å²) in [5.41, 5.74) is 2.05. The smallest absolute Gasteiger partial charge is 0.221 e. The Morgan fingerprint density at radius 1 is 1.45 bits per heavy atom. The van der Waals surface area contributed by atoms with Crippen molar-refractivity contribution >= 4 is 11.6 Å². The summed E-state index contributed by atoms with van der Waals surface area (Å²) in [6.45, 7) is 5.52. The molecule has 0 saturated heterocycles. The van der Waals surface area contributed by atoms with Gasteiger partial charge in [0.1, 0.15) is 0 Å². The Kier molecular flexibility index (Phi) is 5.01. The van der Waals surface area contributed by atoms with E-state index < -0.39 is 0 Å². The fourth-order valence-corrected chi connectivity index (χ4v) is 2.67. The van der Waals surface area contributed by atoms with E-state index in [4.69, 9.17) is 0 Å². The topological polar surface area (TPSA) is 52.6 Å². The highest BCUT2D eigenvalue weighted by Crippen LogP contribution is 2.32. The third kappa shape index (κ3) is 3.73. The van der Waals surface area contributed by atoms with Gasteiger partial charge in [-0.1, -0.05) is 18.2 Å². The molecule has 1 atom stereocenters. The molecule has 2 N–H and O–H groups in total. The van der Waals surface area contributed by atoms with Crippen LogP contribution in [0.5, 0.6) is 0 Å². The Labute approximate surface area is 120 Å². The molecule has 110 valence electrons. The molecule has 1 aliphatic rings. The van der Waals surface area contributed by atoms with Crippen molar-refractivity contribution in [3.8, 4) is 0 Å². The number of anilines is 1. The van der Waals surface area contributed by atoms with Crippen molar-refractivity contribution in [2.45, 2.75) is 45.3 Å². The second-order valence-corrected chi connectivity index (χ2v) is 5.68. The molecule has 1 aromatic carbocycles. The minimum Gasteiger partial charge on any atom is -0.388 e. The molecular weight excluding hydrogens is 252 g/mol. The average Bonchev–Trinajstić information content (AvgIpc) is 2.56. The number of nitrogens with one attached hydrogen (secondary N) is 1. The summed E-state index contributed by atoms with van der Waals surface area (Å²) < 4.78 is 0. The van der Waals surface area contributed by atoms with Crippen LogP contribution in [0.3, 0.4) is 0 Å². The van der Waals surface area contributed by atoms with E-state index in [1.165, 1.54) is 0 Å². The second kappa shape index (κ2) is 6.75. The van der Waals surface area contributed by atoms with Crippen LogP contribution in [0.4, 0.5) is 5.69 Å². The van der Waals surface area contributed by atoms with Gasteiger partial charge >= 0.3 is 0 Å². The van der Waals surface area contributed by atoms with Crippen molar-refractivity contribution in [2.75, 3.05) is 18.0 Å². The fraction of sp³-hybridized carbons (Fsp3) is 0.562. The van der Waals surface area contributed by atoms with E-state index in [-0.39, 0.29) is 18.1 Å². The zero-order chi connectivity index (χ0) is 14.5. The predicted octanol–water partition coefficient (Wildman–Crippen LogP) is 2.23. The quantitative estimate of drug-likeness (QED) is 0.886. The van der Waals surface area contributed by atoms with Crippen molar-refractivity contribution in [2.24, 2.45) is 0 Å². The monoisotopic (exact) mass is 276 g/mol. The lowest BCUT2D eigenvalue weighted by Gasteiger charge is -2.25. The van der Waals surface area contributed by atoms with E-state index >= 15 is 0 Å². The third-order valence-corrected chi connectivity index (χ3v) is 3.60. The van der Waals surface area contributed by atoms with E-state index in [9.17, 15) is 9.90 Å². The Morgan fingerprint density at radius 2 is 2.20 bits per heavy atom. The first-order valence-electron chi connectivity index (χ1n) is 7.39. The molecule has 4 nitrogen and oxygen atoms in total. The van der Waals surface area contributed by atoms with E-state index in [1.807, 2.05) is 38.1 Å². The molecule has 1 amide bonds. The maximum atomic E-state index is 11.8.